The lowest BCUT2D eigenvalue weighted by Crippen LogP contribution is -2.04. The second kappa shape index (κ2) is 3.45. The van der Waals surface area contributed by atoms with Gasteiger partial charge in [0.2, 0.25) is 5.95 Å². The summed E-state index contributed by atoms with van der Waals surface area (Å²) in [6.07, 6.45) is 3.74. The Morgan fingerprint density at radius 3 is 2.50 bits per heavy atom. The van der Waals surface area contributed by atoms with Crippen LogP contribution in [0.2, 0.25) is 0 Å². The Labute approximate surface area is 81.4 Å². The largest absolute Gasteiger partial charge is 0.467 e. The molecule has 0 atom stereocenters. The minimum absolute atomic E-state index is 0.334. The first-order chi connectivity index (χ1) is 6.79. The van der Waals surface area contributed by atoms with E-state index in [0.29, 0.717) is 17.8 Å². The van der Waals surface area contributed by atoms with Gasteiger partial charge in [-0.25, -0.2) is 0 Å². The van der Waals surface area contributed by atoms with Gasteiger partial charge in [-0.1, -0.05) is 0 Å². The van der Waals surface area contributed by atoms with E-state index in [1.807, 2.05) is 24.5 Å². The lowest BCUT2D eigenvalue weighted by Gasteiger charge is -2.03. The third-order valence-corrected chi connectivity index (χ3v) is 1.73. The summed E-state index contributed by atoms with van der Waals surface area (Å²) in [6.45, 7) is 1.80. The number of hydrogen-bond acceptors (Lipinski definition) is 4. The summed E-state index contributed by atoms with van der Waals surface area (Å²) in [7, 11) is 1.54. The molecule has 2 aromatic rings. The molecule has 0 saturated carbocycles. The van der Waals surface area contributed by atoms with Gasteiger partial charge in [-0.3, -0.25) is 4.57 Å². The maximum absolute atomic E-state index is 4.96. The van der Waals surface area contributed by atoms with Crippen LogP contribution < -0.4 is 4.74 Å². The van der Waals surface area contributed by atoms with Crippen LogP contribution in [0, 0.1) is 6.92 Å². The first kappa shape index (κ1) is 8.68. The lowest BCUT2D eigenvalue weighted by molar-refractivity contribution is 0.375. The first-order valence-electron chi connectivity index (χ1n) is 4.19. The Kier molecular flexibility index (Phi) is 2.14. The molecule has 0 fully saturated rings. The number of hydrogen-bond donors (Lipinski definition) is 0. The van der Waals surface area contributed by atoms with Gasteiger partial charge in [-0.05, 0) is 19.1 Å². The summed E-state index contributed by atoms with van der Waals surface area (Å²) in [5.74, 6) is 1.21. The number of aromatic nitrogens is 4. The minimum atomic E-state index is 0.334. The number of rotatable bonds is 2. The molecule has 0 aromatic carbocycles. The average Bonchev–Trinajstić information content (AvgIpc) is 2.69. The van der Waals surface area contributed by atoms with Crippen LogP contribution in [0.4, 0.5) is 0 Å². The maximum atomic E-state index is 4.96. The maximum Gasteiger partial charge on any atom is 0.321 e. The van der Waals surface area contributed by atoms with Crippen molar-refractivity contribution in [1.82, 2.24) is 19.5 Å². The summed E-state index contributed by atoms with van der Waals surface area (Å²) in [6, 6.07) is 4.15. The molecule has 0 N–H and O–H groups in total. The summed E-state index contributed by atoms with van der Waals surface area (Å²) in [5, 5.41) is 0. The molecule has 14 heavy (non-hydrogen) atoms. The number of aryl methyl sites for hydroxylation is 1. The van der Waals surface area contributed by atoms with Gasteiger partial charge < -0.3 is 4.74 Å². The number of ether oxygens (including phenoxy) is 1. The first-order valence-corrected chi connectivity index (χ1v) is 4.19. The molecular weight excluding hydrogens is 180 g/mol. The molecule has 0 aliphatic rings. The molecule has 0 aliphatic carbocycles. The van der Waals surface area contributed by atoms with E-state index in [9.17, 15) is 0 Å². The van der Waals surface area contributed by atoms with Crippen LogP contribution in [0.5, 0.6) is 6.01 Å². The highest BCUT2D eigenvalue weighted by Gasteiger charge is 2.04. The van der Waals surface area contributed by atoms with Gasteiger partial charge in [0.25, 0.3) is 0 Å². The van der Waals surface area contributed by atoms with Crippen molar-refractivity contribution in [3.63, 3.8) is 0 Å². The second-order valence-electron chi connectivity index (χ2n) is 2.76. The van der Waals surface area contributed by atoms with E-state index in [2.05, 4.69) is 15.0 Å². The van der Waals surface area contributed by atoms with Crippen molar-refractivity contribution < 1.29 is 4.74 Å². The van der Waals surface area contributed by atoms with Crippen LogP contribution >= 0.6 is 0 Å². The SMILES string of the molecule is COc1nc(C)nc(-n2cccc2)n1. The van der Waals surface area contributed by atoms with Gasteiger partial charge in [0.1, 0.15) is 5.82 Å². The predicted octanol–water partition coefficient (Wildman–Crippen LogP) is 0.979. The number of methoxy groups -OCH3 is 1. The fraction of sp³-hybridized carbons (Fsp3) is 0.222. The molecule has 2 rings (SSSR count). The molecule has 72 valence electrons. The Hall–Kier alpha value is -1.91. The van der Waals surface area contributed by atoms with E-state index in [1.165, 1.54) is 7.11 Å². The highest BCUT2D eigenvalue weighted by atomic mass is 16.5. The highest BCUT2D eigenvalue weighted by Crippen LogP contribution is 2.06. The molecule has 5 nitrogen and oxygen atoms in total. The van der Waals surface area contributed by atoms with Crippen LogP contribution in [0.3, 0.4) is 0 Å². The van der Waals surface area contributed by atoms with Crippen molar-refractivity contribution >= 4 is 0 Å². The van der Waals surface area contributed by atoms with Gasteiger partial charge in [0.15, 0.2) is 0 Å². The van der Waals surface area contributed by atoms with Gasteiger partial charge >= 0.3 is 6.01 Å². The van der Waals surface area contributed by atoms with E-state index in [4.69, 9.17) is 4.74 Å². The normalized spacial score (nSPS) is 10.1. The zero-order valence-corrected chi connectivity index (χ0v) is 8.01. The molecular formula is C9H10N4O. The molecule has 5 heteroatoms. The fourth-order valence-corrected chi connectivity index (χ4v) is 1.12. The van der Waals surface area contributed by atoms with E-state index in [1.54, 1.807) is 11.5 Å². The average molecular weight is 190 g/mol. The molecule has 0 unspecified atom stereocenters. The molecule has 2 aromatic heterocycles. The Morgan fingerprint density at radius 1 is 1.14 bits per heavy atom. The third kappa shape index (κ3) is 1.56. The van der Waals surface area contributed by atoms with Gasteiger partial charge in [-0.2, -0.15) is 15.0 Å². The predicted molar refractivity (Wildman–Crippen MR) is 50.4 cm³/mol. The molecule has 0 spiro atoms. The Morgan fingerprint density at radius 2 is 1.86 bits per heavy atom. The highest BCUT2D eigenvalue weighted by molar-refractivity contribution is 5.16. The third-order valence-electron chi connectivity index (χ3n) is 1.73. The van der Waals surface area contributed by atoms with Gasteiger partial charge in [0, 0.05) is 12.4 Å². The molecule has 2 heterocycles. The molecule has 0 amide bonds. The zero-order chi connectivity index (χ0) is 9.97. The van der Waals surface area contributed by atoms with Crippen molar-refractivity contribution in [2.24, 2.45) is 0 Å². The van der Waals surface area contributed by atoms with Crippen LogP contribution in [-0.2, 0) is 0 Å². The molecule has 0 saturated heterocycles. The van der Waals surface area contributed by atoms with Crippen LogP contribution in [0.15, 0.2) is 24.5 Å². The minimum Gasteiger partial charge on any atom is -0.467 e. The van der Waals surface area contributed by atoms with Crippen LogP contribution in [0.1, 0.15) is 5.82 Å². The Bertz CT molecular complexity index is 424. The summed E-state index contributed by atoms with van der Waals surface area (Å²) >= 11 is 0. The van der Waals surface area contributed by atoms with Crippen molar-refractivity contribution in [3.8, 4) is 12.0 Å². The lowest BCUT2D eigenvalue weighted by atomic mass is 10.7. The summed E-state index contributed by atoms with van der Waals surface area (Å²) < 4.78 is 6.76. The van der Waals surface area contributed by atoms with E-state index in [-0.39, 0.29) is 0 Å². The second-order valence-corrected chi connectivity index (χ2v) is 2.76. The van der Waals surface area contributed by atoms with E-state index < -0.39 is 0 Å². The van der Waals surface area contributed by atoms with Crippen molar-refractivity contribution in [2.45, 2.75) is 6.92 Å². The molecule has 0 aliphatic heterocycles. The van der Waals surface area contributed by atoms with Crippen molar-refractivity contribution in [1.29, 1.82) is 0 Å². The summed E-state index contributed by atoms with van der Waals surface area (Å²) in [4.78, 5) is 12.3. The van der Waals surface area contributed by atoms with Gasteiger partial charge in [-0.15, -0.1) is 0 Å². The number of nitrogens with zero attached hydrogens (tertiary/aromatic N) is 4. The van der Waals surface area contributed by atoms with Crippen LogP contribution in [-0.4, -0.2) is 26.6 Å². The van der Waals surface area contributed by atoms with Crippen molar-refractivity contribution in [3.05, 3.63) is 30.4 Å². The van der Waals surface area contributed by atoms with Gasteiger partial charge in [0.05, 0.1) is 7.11 Å². The van der Waals surface area contributed by atoms with Crippen LogP contribution in [0.25, 0.3) is 5.95 Å². The van der Waals surface area contributed by atoms with E-state index >= 15 is 0 Å². The molecule has 0 radical (unpaired) electrons. The zero-order valence-electron chi connectivity index (χ0n) is 8.01. The smallest absolute Gasteiger partial charge is 0.321 e. The quantitative estimate of drug-likeness (QED) is 0.708. The fourth-order valence-electron chi connectivity index (χ4n) is 1.12. The van der Waals surface area contributed by atoms with E-state index in [0.717, 1.165) is 0 Å². The summed E-state index contributed by atoms with van der Waals surface area (Å²) in [5.41, 5.74) is 0. The standard InChI is InChI=1S/C9H10N4O/c1-7-10-8(12-9(11-7)14-2)13-5-3-4-6-13/h3-6H,1-2H3. The van der Waals surface area contributed by atoms with Crippen molar-refractivity contribution in [2.75, 3.05) is 7.11 Å². The topological polar surface area (TPSA) is 52.8 Å². The molecule has 0 bridgehead atoms. The monoisotopic (exact) mass is 190 g/mol. The Balaban J connectivity index is 2.48.